The largest absolute Gasteiger partial charge is 0.481 e. The molecule has 0 spiro atoms. The predicted octanol–water partition coefficient (Wildman–Crippen LogP) is 0.463. The summed E-state index contributed by atoms with van der Waals surface area (Å²) in [4.78, 5) is 34.0. The average molecular weight is 269 g/mol. The minimum Gasteiger partial charge on any atom is -0.481 e. The fraction of sp³-hybridized carbons (Fsp3) is 0.583. The number of amides is 1. The van der Waals surface area contributed by atoms with E-state index in [0.29, 0.717) is 6.42 Å². The van der Waals surface area contributed by atoms with Gasteiger partial charge in [-0.15, -0.1) is 0 Å². The summed E-state index contributed by atoms with van der Waals surface area (Å²) in [7, 11) is 0. The topological polar surface area (TPSA) is 113 Å². The molecule has 3 N–H and O–H groups in total. The molecule has 0 aliphatic heterocycles. The quantitative estimate of drug-likeness (QED) is 0.625. The molecule has 4 unspecified atom stereocenters. The normalized spacial score (nSPS) is 35.1. The van der Waals surface area contributed by atoms with Crippen LogP contribution >= 0.6 is 0 Å². The lowest BCUT2D eigenvalue weighted by Gasteiger charge is -2.27. The molecule has 104 valence electrons. The summed E-state index contributed by atoms with van der Waals surface area (Å²) in [5, 5.41) is 20.7. The summed E-state index contributed by atoms with van der Waals surface area (Å²) in [6.07, 6.45) is 1.21. The molecule has 0 saturated heterocycles. The Labute approximate surface area is 109 Å². The molecule has 2 rings (SSSR count). The van der Waals surface area contributed by atoms with E-state index in [9.17, 15) is 19.5 Å². The van der Waals surface area contributed by atoms with Crippen molar-refractivity contribution in [2.45, 2.75) is 18.4 Å². The molecular weight excluding hydrogens is 254 g/mol. The number of ether oxygens (including phenoxy) is 1. The number of rotatable bonds is 5. The number of hydrogen-bond donors (Lipinski definition) is 3. The molecule has 2 fully saturated rings. The summed E-state index contributed by atoms with van der Waals surface area (Å²) >= 11 is 0. The molecule has 7 nitrogen and oxygen atoms in total. The van der Waals surface area contributed by atoms with Crippen LogP contribution in [0.1, 0.15) is 12.8 Å². The highest BCUT2D eigenvalue weighted by atomic mass is 16.5. The second-order valence-electron chi connectivity index (χ2n) is 4.88. The van der Waals surface area contributed by atoms with Gasteiger partial charge in [0, 0.05) is 5.92 Å². The fourth-order valence-corrected chi connectivity index (χ4v) is 3.10. The van der Waals surface area contributed by atoms with E-state index < -0.39 is 35.4 Å². The van der Waals surface area contributed by atoms with Crippen LogP contribution in [0.15, 0.2) is 12.7 Å². The Morgan fingerprint density at radius 1 is 1.42 bits per heavy atom. The van der Waals surface area contributed by atoms with Crippen molar-refractivity contribution in [3.8, 4) is 0 Å². The second-order valence-corrected chi connectivity index (χ2v) is 4.88. The fourth-order valence-electron chi connectivity index (χ4n) is 3.10. The predicted molar refractivity (Wildman–Crippen MR) is 62.4 cm³/mol. The summed E-state index contributed by atoms with van der Waals surface area (Å²) in [6.45, 7) is 3.35. The Bertz CT molecular complexity index is 448. The van der Waals surface area contributed by atoms with E-state index >= 15 is 0 Å². The van der Waals surface area contributed by atoms with Crippen LogP contribution in [-0.4, -0.2) is 40.4 Å². The summed E-state index contributed by atoms with van der Waals surface area (Å²) in [5.74, 6) is -3.64. The van der Waals surface area contributed by atoms with Gasteiger partial charge in [0.25, 0.3) is 0 Å². The average Bonchev–Trinajstić information content (AvgIpc) is 2.97. The van der Waals surface area contributed by atoms with Crippen LogP contribution in [0.25, 0.3) is 0 Å². The Hall–Kier alpha value is -2.05. The van der Waals surface area contributed by atoms with Gasteiger partial charge in [-0.1, -0.05) is 12.7 Å². The van der Waals surface area contributed by atoms with Gasteiger partial charge in [-0.2, -0.15) is 0 Å². The molecule has 0 bridgehead atoms. The van der Waals surface area contributed by atoms with Gasteiger partial charge < -0.3 is 20.3 Å². The first kappa shape index (κ1) is 13.4. The number of nitrogens with one attached hydrogen (secondary N) is 1. The highest BCUT2D eigenvalue weighted by Crippen LogP contribution is 2.62. The Balaban J connectivity index is 2.12. The van der Waals surface area contributed by atoms with E-state index in [1.807, 2.05) is 0 Å². The number of carboxylic acids is 2. The second kappa shape index (κ2) is 4.56. The van der Waals surface area contributed by atoms with Crippen LogP contribution in [0.5, 0.6) is 0 Å². The monoisotopic (exact) mass is 269 g/mol. The highest BCUT2D eigenvalue weighted by Gasteiger charge is 2.72. The summed E-state index contributed by atoms with van der Waals surface area (Å²) in [5.41, 5.74) is -1.52. The molecule has 2 aliphatic carbocycles. The minimum atomic E-state index is -1.52. The number of carbonyl (C=O) groups excluding carboxylic acids is 1. The van der Waals surface area contributed by atoms with Gasteiger partial charge in [-0.05, 0) is 18.8 Å². The lowest BCUT2D eigenvalue weighted by atomic mass is 9.90. The first-order valence-corrected chi connectivity index (χ1v) is 5.96. The molecule has 0 aromatic heterocycles. The van der Waals surface area contributed by atoms with Gasteiger partial charge in [-0.25, -0.2) is 9.59 Å². The van der Waals surface area contributed by atoms with Crippen LogP contribution in [0.3, 0.4) is 0 Å². The zero-order valence-electron chi connectivity index (χ0n) is 10.2. The molecule has 0 heterocycles. The smallest absolute Gasteiger partial charge is 0.408 e. The first-order chi connectivity index (χ1) is 8.94. The molecule has 0 radical (unpaired) electrons. The van der Waals surface area contributed by atoms with Crippen molar-refractivity contribution < 1.29 is 29.3 Å². The number of carboxylic acid groups (broad SMARTS) is 2. The Morgan fingerprint density at radius 2 is 2.11 bits per heavy atom. The Morgan fingerprint density at radius 3 is 2.58 bits per heavy atom. The number of hydrogen-bond acceptors (Lipinski definition) is 4. The van der Waals surface area contributed by atoms with E-state index in [1.54, 1.807) is 0 Å². The van der Waals surface area contributed by atoms with Crippen LogP contribution in [0, 0.1) is 17.8 Å². The molecule has 1 amide bonds. The molecule has 0 aromatic rings. The van der Waals surface area contributed by atoms with E-state index in [-0.39, 0.29) is 18.9 Å². The molecule has 2 saturated carbocycles. The van der Waals surface area contributed by atoms with Crippen LogP contribution in [0.4, 0.5) is 4.79 Å². The molecular formula is C12H15NO6. The molecule has 4 atom stereocenters. The maximum Gasteiger partial charge on any atom is 0.408 e. The van der Waals surface area contributed by atoms with Crippen molar-refractivity contribution in [2.24, 2.45) is 17.8 Å². The van der Waals surface area contributed by atoms with Gasteiger partial charge >= 0.3 is 18.0 Å². The third kappa shape index (κ3) is 2.05. The van der Waals surface area contributed by atoms with Crippen molar-refractivity contribution >= 4 is 18.0 Å². The maximum absolute atomic E-state index is 11.5. The summed E-state index contributed by atoms with van der Waals surface area (Å²) < 4.78 is 4.71. The van der Waals surface area contributed by atoms with Crippen molar-refractivity contribution in [3.63, 3.8) is 0 Å². The SMILES string of the molecule is C=CCOC(=O)NC1(C(=O)O)CCC2C(C(=O)O)C21. The zero-order valence-corrected chi connectivity index (χ0v) is 10.2. The van der Waals surface area contributed by atoms with Crippen molar-refractivity contribution in [3.05, 3.63) is 12.7 Å². The van der Waals surface area contributed by atoms with Gasteiger partial charge in [0.1, 0.15) is 12.1 Å². The van der Waals surface area contributed by atoms with Crippen molar-refractivity contribution in [1.82, 2.24) is 5.32 Å². The maximum atomic E-state index is 11.5. The molecule has 19 heavy (non-hydrogen) atoms. The van der Waals surface area contributed by atoms with Crippen LogP contribution in [0.2, 0.25) is 0 Å². The Kier molecular flexibility index (Phi) is 3.21. The minimum absolute atomic E-state index is 0.0298. The molecule has 0 aromatic carbocycles. The van der Waals surface area contributed by atoms with Gasteiger partial charge in [-0.3, -0.25) is 4.79 Å². The van der Waals surface area contributed by atoms with Crippen molar-refractivity contribution in [1.29, 1.82) is 0 Å². The van der Waals surface area contributed by atoms with E-state index in [2.05, 4.69) is 11.9 Å². The zero-order chi connectivity index (χ0) is 14.2. The number of alkyl carbamates (subject to hydrolysis) is 1. The lowest BCUT2D eigenvalue weighted by molar-refractivity contribution is -0.146. The van der Waals surface area contributed by atoms with Gasteiger partial charge in [0.15, 0.2) is 0 Å². The highest BCUT2D eigenvalue weighted by molar-refractivity contribution is 5.89. The number of carbonyl (C=O) groups is 3. The first-order valence-electron chi connectivity index (χ1n) is 5.96. The molecule has 7 heteroatoms. The molecule has 2 aliphatic rings. The van der Waals surface area contributed by atoms with E-state index in [4.69, 9.17) is 9.84 Å². The van der Waals surface area contributed by atoms with Gasteiger partial charge in [0.05, 0.1) is 5.92 Å². The van der Waals surface area contributed by atoms with E-state index in [0.717, 1.165) is 0 Å². The number of aliphatic carboxylic acids is 2. The number of fused-ring (bicyclic) bond motifs is 1. The van der Waals surface area contributed by atoms with Gasteiger partial charge in [0.2, 0.25) is 0 Å². The third-order valence-electron chi connectivity index (χ3n) is 3.93. The van der Waals surface area contributed by atoms with Crippen LogP contribution < -0.4 is 5.32 Å². The van der Waals surface area contributed by atoms with Crippen molar-refractivity contribution in [2.75, 3.05) is 6.61 Å². The lowest BCUT2D eigenvalue weighted by Crippen LogP contribution is -2.56. The third-order valence-corrected chi connectivity index (χ3v) is 3.93. The van der Waals surface area contributed by atoms with Crippen LogP contribution in [-0.2, 0) is 14.3 Å². The summed E-state index contributed by atoms with van der Waals surface area (Å²) in [6, 6.07) is 0. The standard InChI is InChI=1S/C12H15NO6/c1-2-5-19-11(18)13-12(10(16)17)4-3-6-7(8(6)12)9(14)15/h2,6-8H,1,3-5H2,(H,13,18)(H,14,15)(H,16,17). The van der Waals surface area contributed by atoms with E-state index in [1.165, 1.54) is 6.08 Å².